The van der Waals surface area contributed by atoms with Crippen LogP contribution < -0.4 is 5.32 Å². The van der Waals surface area contributed by atoms with E-state index in [0.717, 1.165) is 6.07 Å². The van der Waals surface area contributed by atoms with Crippen LogP contribution in [0.3, 0.4) is 0 Å². The molecule has 0 radical (unpaired) electrons. The molecule has 1 aromatic carbocycles. The molecule has 1 aromatic rings. The van der Waals surface area contributed by atoms with E-state index in [-0.39, 0.29) is 10.2 Å². The summed E-state index contributed by atoms with van der Waals surface area (Å²) in [6.45, 7) is 2.05. The first kappa shape index (κ1) is 13.8. The Kier molecular flexibility index (Phi) is 3.97. The molecule has 0 aliphatic rings. The Balaban J connectivity index is 3.41. The number of rotatable bonds is 3. The molecule has 0 atom stereocenters. The van der Waals surface area contributed by atoms with Crippen LogP contribution in [0.15, 0.2) is 16.6 Å². The molecular weight excluding hydrogens is 305 g/mol. The average molecular weight is 313 g/mol. The summed E-state index contributed by atoms with van der Waals surface area (Å²) in [5, 5.41) is 13.4. The van der Waals surface area contributed by atoms with Crippen LogP contribution in [0.25, 0.3) is 0 Å². The minimum absolute atomic E-state index is 0.0147. The summed E-state index contributed by atoms with van der Waals surface area (Å²) in [6.07, 6.45) is -4.61. The zero-order chi connectivity index (χ0) is 13.2. The number of nitrogens with zero attached hydrogens (tertiary/aromatic N) is 1. The van der Waals surface area contributed by atoms with E-state index in [4.69, 9.17) is 0 Å². The number of benzene rings is 1. The molecule has 0 spiro atoms. The van der Waals surface area contributed by atoms with Crippen molar-refractivity contribution in [1.29, 1.82) is 0 Å². The highest BCUT2D eigenvalue weighted by molar-refractivity contribution is 9.10. The lowest BCUT2D eigenvalue weighted by atomic mass is 10.1. The molecule has 0 aromatic heterocycles. The van der Waals surface area contributed by atoms with E-state index in [9.17, 15) is 23.3 Å². The Morgan fingerprint density at radius 1 is 1.47 bits per heavy atom. The smallest absolute Gasteiger partial charge is 0.379 e. The summed E-state index contributed by atoms with van der Waals surface area (Å²) in [6, 6.07) is 1.33. The van der Waals surface area contributed by atoms with Gasteiger partial charge in [0.25, 0.3) is 5.69 Å². The second kappa shape index (κ2) is 4.91. The van der Waals surface area contributed by atoms with Gasteiger partial charge in [-0.05, 0) is 28.9 Å². The monoisotopic (exact) mass is 312 g/mol. The summed E-state index contributed by atoms with van der Waals surface area (Å²) >= 11 is 2.89. The van der Waals surface area contributed by atoms with Crippen LogP contribution >= 0.6 is 15.9 Å². The minimum atomic E-state index is -4.61. The maximum atomic E-state index is 12.5. The normalized spacial score (nSPS) is 11.4. The molecule has 8 heteroatoms. The Morgan fingerprint density at radius 2 is 2.06 bits per heavy atom. The number of anilines is 1. The van der Waals surface area contributed by atoms with Gasteiger partial charge in [-0.15, -0.1) is 0 Å². The van der Waals surface area contributed by atoms with Crippen molar-refractivity contribution in [1.82, 2.24) is 0 Å². The number of hydrogen-bond donors (Lipinski definition) is 1. The van der Waals surface area contributed by atoms with Crippen molar-refractivity contribution < 1.29 is 18.1 Å². The van der Waals surface area contributed by atoms with Crippen LogP contribution in [-0.2, 0) is 6.18 Å². The molecule has 0 heterocycles. The maximum Gasteiger partial charge on any atom is 0.416 e. The van der Waals surface area contributed by atoms with E-state index >= 15 is 0 Å². The van der Waals surface area contributed by atoms with Gasteiger partial charge in [0, 0.05) is 17.1 Å². The molecule has 1 rings (SSSR count). The molecule has 0 fully saturated rings. The third kappa shape index (κ3) is 3.09. The van der Waals surface area contributed by atoms with E-state index in [1.165, 1.54) is 0 Å². The van der Waals surface area contributed by atoms with Gasteiger partial charge in [0.1, 0.15) is 5.69 Å². The Bertz CT molecular complexity index is 449. The molecule has 17 heavy (non-hydrogen) atoms. The van der Waals surface area contributed by atoms with Gasteiger partial charge in [-0.25, -0.2) is 0 Å². The van der Waals surface area contributed by atoms with Gasteiger partial charge < -0.3 is 5.32 Å². The Labute approximate surface area is 103 Å². The molecule has 0 aliphatic heterocycles. The van der Waals surface area contributed by atoms with Gasteiger partial charge in [-0.1, -0.05) is 0 Å². The van der Waals surface area contributed by atoms with Gasteiger partial charge in [0.2, 0.25) is 0 Å². The number of nitro groups is 1. The molecule has 0 bridgehead atoms. The van der Waals surface area contributed by atoms with E-state index < -0.39 is 22.4 Å². The topological polar surface area (TPSA) is 55.2 Å². The van der Waals surface area contributed by atoms with Crippen LogP contribution in [0.1, 0.15) is 12.5 Å². The zero-order valence-corrected chi connectivity index (χ0v) is 10.2. The SMILES string of the molecule is CCNc1c(Br)cc(C(F)(F)F)cc1[N+](=O)[O-]. The molecule has 0 unspecified atom stereocenters. The minimum Gasteiger partial charge on any atom is -0.379 e. The lowest BCUT2D eigenvalue weighted by Crippen LogP contribution is -2.08. The number of hydrogen-bond acceptors (Lipinski definition) is 3. The predicted molar refractivity (Wildman–Crippen MR) is 60.0 cm³/mol. The van der Waals surface area contributed by atoms with E-state index in [1.807, 2.05) is 0 Å². The van der Waals surface area contributed by atoms with Crippen molar-refractivity contribution in [2.75, 3.05) is 11.9 Å². The number of nitro benzene ring substituents is 1. The number of alkyl halides is 3. The van der Waals surface area contributed by atoms with E-state index in [0.29, 0.717) is 12.6 Å². The van der Waals surface area contributed by atoms with Crippen LogP contribution in [-0.4, -0.2) is 11.5 Å². The zero-order valence-electron chi connectivity index (χ0n) is 8.64. The Hall–Kier alpha value is -1.31. The Morgan fingerprint density at radius 3 is 2.47 bits per heavy atom. The van der Waals surface area contributed by atoms with Crippen molar-refractivity contribution in [3.63, 3.8) is 0 Å². The molecular formula is C9H8BrF3N2O2. The highest BCUT2D eigenvalue weighted by atomic mass is 79.9. The van der Waals surface area contributed by atoms with Gasteiger partial charge in [0.05, 0.1) is 10.5 Å². The standard InChI is InChI=1S/C9H8BrF3N2O2/c1-2-14-8-6(10)3-5(9(11,12)13)4-7(8)15(16)17/h3-4,14H,2H2,1H3. The lowest BCUT2D eigenvalue weighted by Gasteiger charge is -2.11. The quantitative estimate of drug-likeness (QED) is 0.682. The fraction of sp³-hybridized carbons (Fsp3) is 0.333. The summed E-state index contributed by atoms with van der Waals surface area (Å²) in [7, 11) is 0. The number of halogens is 4. The van der Waals surface area contributed by atoms with Gasteiger partial charge in [0.15, 0.2) is 0 Å². The third-order valence-corrected chi connectivity index (χ3v) is 2.57. The molecule has 0 saturated carbocycles. The fourth-order valence-electron chi connectivity index (χ4n) is 1.25. The van der Waals surface area contributed by atoms with Crippen molar-refractivity contribution in [2.24, 2.45) is 0 Å². The largest absolute Gasteiger partial charge is 0.416 e. The molecule has 0 aliphatic carbocycles. The summed E-state index contributed by atoms with van der Waals surface area (Å²) < 4.78 is 37.4. The van der Waals surface area contributed by atoms with Gasteiger partial charge in [-0.3, -0.25) is 10.1 Å². The van der Waals surface area contributed by atoms with E-state index in [1.54, 1.807) is 6.92 Å². The molecule has 4 nitrogen and oxygen atoms in total. The van der Waals surface area contributed by atoms with Gasteiger partial charge >= 0.3 is 6.18 Å². The molecule has 0 saturated heterocycles. The van der Waals surface area contributed by atoms with Crippen molar-refractivity contribution in [3.8, 4) is 0 Å². The second-order valence-electron chi connectivity index (χ2n) is 3.14. The second-order valence-corrected chi connectivity index (χ2v) is 3.99. The fourth-order valence-corrected chi connectivity index (χ4v) is 1.84. The first-order valence-corrected chi connectivity index (χ1v) is 5.35. The molecule has 0 amide bonds. The first-order valence-electron chi connectivity index (χ1n) is 4.56. The highest BCUT2D eigenvalue weighted by Gasteiger charge is 2.34. The number of nitrogens with one attached hydrogen (secondary N) is 1. The molecule has 1 N–H and O–H groups in total. The maximum absolute atomic E-state index is 12.5. The highest BCUT2D eigenvalue weighted by Crippen LogP contribution is 2.39. The summed E-state index contributed by atoms with van der Waals surface area (Å²) in [4.78, 5) is 9.86. The van der Waals surface area contributed by atoms with Crippen LogP contribution in [0.2, 0.25) is 0 Å². The van der Waals surface area contributed by atoms with Crippen molar-refractivity contribution in [3.05, 3.63) is 32.3 Å². The predicted octanol–water partition coefficient (Wildman–Crippen LogP) is 3.81. The van der Waals surface area contributed by atoms with Crippen LogP contribution in [0.4, 0.5) is 24.5 Å². The van der Waals surface area contributed by atoms with Gasteiger partial charge in [-0.2, -0.15) is 13.2 Å². The summed E-state index contributed by atoms with van der Waals surface area (Å²) in [5.74, 6) is 0. The van der Waals surface area contributed by atoms with Crippen LogP contribution in [0.5, 0.6) is 0 Å². The first-order chi connectivity index (χ1) is 7.77. The third-order valence-electron chi connectivity index (χ3n) is 1.95. The summed E-state index contributed by atoms with van der Waals surface area (Å²) in [5.41, 5.74) is -1.61. The van der Waals surface area contributed by atoms with Crippen molar-refractivity contribution >= 4 is 27.3 Å². The lowest BCUT2D eigenvalue weighted by molar-refractivity contribution is -0.384. The van der Waals surface area contributed by atoms with E-state index in [2.05, 4.69) is 21.2 Å². The van der Waals surface area contributed by atoms with Crippen molar-refractivity contribution in [2.45, 2.75) is 13.1 Å². The average Bonchev–Trinajstić information content (AvgIpc) is 2.18. The molecule has 94 valence electrons. The van der Waals surface area contributed by atoms with Crippen LogP contribution in [0, 0.1) is 10.1 Å².